The Balaban J connectivity index is 2.55. The second-order valence-electron chi connectivity index (χ2n) is 4.72. The second kappa shape index (κ2) is 5.33. The Labute approximate surface area is 99.7 Å². The highest BCUT2D eigenvalue weighted by Crippen LogP contribution is 2.13. The molecule has 0 aromatic carbocycles. The average molecular weight is 246 g/mol. The predicted octanol–water partition coefficient (Wildman–Crippen LogP) is 0.0392. The van der Waals surface area contributed by atoms with E-state index in [9.17, 15) is 9.59 Å². The molecule has 0 aromatic rings. The zero-order valence-electron chi connectivity index (χ0n) is 10.3. The molecule has 1 fully saturated rings. The lowest BCUT2D eigenvalue weighted by Gasteiger charge is -2.32. The molecule has 7 nitrogen and oxygen atoms in total. The highest BCUT2D eigenvalue weighted by molar-refractivity contribution is 5.76. The summed E-state index contributed by atoms with van der Waals surface area (Å²) in [5.41, 5.74) is -0.570. The summed E-state index contributed by atoms with van der Waals surface area (Å²) in [5, 5.41) is 0. The van der Waals surface area contributed by atoms with Crippen LogP contribution in [0.15, 0.2) is 0 Å². The SMILES string of the molecule is CC(C)(C)OC(=O)N1CCO[C@@H](C(=O)ON)C1. The molecule has 98 valence electrons. The van der Waals surface area contributed by atoms with Crippen molar-refractivity contribution < 1.29 is 23.9 Å². The third kappa shape index (κ3) is 4.20. The van der Waals surface area contributed by atoms with E-state index in [1.807, 2.05) is 0 Å². The van der Waals surface area contributed by atoms with E-state index < -0.39 is 23.8 Å². The van der Waals surface area contributed by atoms with Crippen LogP contribution in [0.2, 0.25) is 0 Å². The zero-order valence-corrected chi connectivity index (χ0v) is 10.3. The van der Waals surface area contributed by atoms with Gasteiger partial charge in [-0.2, -0.15) is 5.90 Å². The van der Waals surface area contributed by atoms with Crippen LogP contribution in [0.5, 0.6) is 0 Å². The van der Waals surface area contributed by atoms with E-state index in [4.69, 9.17) is 15.4 Å². The van der Waals surface area contributed by atoms with Gasteiger partial charge in [0.25, 0.3) is 0 Å². The standard InChI is InChI=1S/C10H18N2O5/c1-10(2,3)16-9(14)12-4-5-15-7(6-12)8(13)17-11/h7H,4-6,11H2,1-3H3/t7-/m1/s1. The van der Waals surface area contributed by atoms with E-state index in [-0.39, 0.29) is 13.2 Å². The molecule has 0 saturated carbocycles. The molecule has 2 N–H and O–H groups in total. The number of carbonyl (C=O) groups is 2. The maximum Gasteiger partial charge on any atom is 0.410 e. The zero-order chi connectivity index (χ0) is 13.1. The minimum Gasteiger partial charge on any atom is -0.444 e. The molecule has 0 spiro atoms. The molecule has 7 heteroatoms. The molecule has 1 rings (SSSR count). The Hall–Kier alpha value is -1.34. The molecule has 1 saturated heterocycles. The van der Waals surface area contributed by atoms with Crippen LogP contribution in [0, 0.1) is 0 Å². The van der Waals surface area contributed by atoms with Crippen LogP contribution in [0.4, 0.5) is 4.79 Å². The molecule has 0 aliphatic carbocycles. The van der Waals surface area contributed by atoms with E-state index in [2.05, 4.69) is 4.84 Å². The van der Waals surface area contributed by atoms with Crippen molar-refractivity contribution in [2.45, 2.75) is 32.5 Å². The number of morpholine rings is 1. The van der Waals surface area contributed by atoms with Gasteiger partial charge in [0.15, 0.2) is 6.10 Å². The molecule has 0 radical (unpaired) electrons. The topological polar surface area (TPSA) is 91.1 Å². The molecule has 1 amide bonds. The van der Waals surface area contributed by atoms with Gasteiger partial charge in [0.1, 0.15) is 5.60 Å². The first-order chi connectivity index (χ1) is 7.83. The third-order valence-electron chi connectivity index (χ3n) is 2.10. The number of rotatable bonds is 1. The molecule has 1 heterocycles. The van der Waals surface area contributed by atoms with Crippen molar-refractivity contribution in [2.75, 3.05) is 19.7 Å². The summed E-state index contributed by atoms with van der Waals surface area (Å²) in [6.07, 6.45) is -1.32. The summed E-state index contributed by atoms with van der Waals surface area (Å²) in [6, 6.07) is 0. The number of hydrogen-bond acceptors (Lipinski definition) is 6. The smallest absolute Gasteiger partial charge is 0.410 e. The van der Waals surface area contributed by atoms with Crippen molar-refractivity contribution in [3.8, 4) is 0 Å². The van der Waals surface area contributed by atoms with Gasteiger partial charge in [-0.05, 0) is 20.8 Å². The predicted molar refractivity (Wildman–Crippen MR) is 57.8 cm³/mol. The Morgan fingerprint density at radius 1 is 1.41 bits per heavy atom. The normalized spacial score (nSPS) is 20.9. The summed E-state index contributed by atoms with van der Waals surface area (Å²) in [5.74, 6) is 4.07. The fraction of sp³-hybridized carbons (Fsp3) is 0.800. The molecule has 0 bridgehead atoms. The van der Waals surface area contributed by atoms with Gasteiger partial charge in [-0.1, -0.05) is 0 Å². The number of ether oxygens (including phenoxy) is 2. The average Bonchev–Trinajstić information content (AvgIpc) is 2.26. The van der Waals surface area contributed by atoms with Gasteiger partial charge in [0.05, 0.1) is 13.2 Å². The summed E-state index contributed by atoms with van der Waals surface area (Å²) < 4.78 is 10.3. The Bertz CT molecular complexity index is 300. The first kappa shape index (κ1) is 13.7. The Morgan fingerprint density at radius 3 is 2.59 bits per heavy atom. The number of nitrogens with zero attached hydrogens (tertiary/aromatic N) is 1. The van der Waals surface area contributed by atoms with E-state index in [0.717, 1.165) is 0 Å². The number of carbonyl (C=O) groups excluding carboxylic acids is 2. The molecule has 17 heavy (non-hydrogen) atoms. The maximum absolute atomic E-state index is 11.7. The van der Waals surface area contributed by atoms with Gasteiger partial charge in [0.2, 0.25) is 0 Å². The van der Waals surface area contributed by atoms with Gasteiger partial charge in [0, 0.05) is 6.54 Å². The lowest BCUT2D eigenvalue weighted by atomic mass is 10.2. The number of amides is 1. The summed E-state index contributed by atoms with van der Waals surface area (Å²) in [4.78, 5) is 28.4. The molecule has 0 aromatic heterocycles. The van der Waals surface area contributed by atoms with Crippen LogP contribution in [-0.2, 0) is 19.1 Å². The van der Waals surface area contributed by atoms with E-state index in [1.165, 1.54) is 4.90 Å². The van der Waals surface area contributed by atoms with Crippen molar-refractivity contribution in [3.05, 3.63) is 0 Å². The van der Waals surface area contributed by atoms with E-state index in [0.29, 0.717) is 6.54 Å². The molecule has 1 aliphatic heterocycles. The van der Waals surface area contributed by atoms with Gasteiger partial charge >= 0.3 is 12.1 Å². The fourth-order valence-corrected chi connectivity index (χ4v) is 1.36. The Kier molecular flexibility index (Phi) is 4.30. The van der Waals surface area contributed by atoms with Crippen LogP contribution in [-0.4, -0.2) is 48.4 Å². The number of hydrogen-bond donors (Lipinski definition) is 1. The quantitative estimate of drug-likeness (QED) is 0.657. The molecular formula is C10H18N2O5. The van der Waals surface area contributed by atoms with Gasteiger partial charge in [-0.25, -0.2) is 9.59 Å². The lowest BCUT2D eigenvalue weighted by Crippen LogP contribution is -2.50. The van der Waals surface area contributed by atoms with Gasteiger partial charge in [-0.3, -0.25) is 0 Å². The highest BCUT2D eigenvalue weighted by atomic mass is 16.7. The van der Waals surface area contributed by atoms with Crippen LogP contribution in [0.25, 0.3) is 0 Å². The van der Waals surface area contributed by atoms with Crippen molar-refractivity contribution in [3.63, 3.8) is 0 Å². The molecular weight excluding hydrogens is 228 g/mol. The Morgan fingerprint density at radius 2 is 2.06 bits per heavy atom. The molecule has 1 atom stereocenters. The maximum atomic E-state index is 11.7. The lowest BCUT2D eigenvalue weighted by molar-refractivity contribution is -0.162. The van der Waals surface area contributed by atoms with E-state index in [1.54, 1.807) is 20.8 Å². The van der Waals surface area contributed by atoms with Crippen LogP contribution in [0.3, 0.4) is 0 Å². The number of nitrogens with two attached hydrogens (primary N) is 1. The third-order valence-corrected chi connectivity index (χ3v) is 2.10. The van der Waals surface area contributed by atoms with Gasteiger partial charge in [-0.15, -0.1) is 0 Å². The van der Waals surface area contributed by atoms with E-state index >= 15 is 0 Å². The van der Waals surface area contributed by atoms with Crippen LogP contribution in [0.1, 0.15) is 20.8 Å². The monoisotopic (exact) mass is 246 g/mol. The summed E-state index contributed by atoms with van der Waals surface area (Å²) >= 11 is 0. The molecule has 1 aliphatic rings. The van der Waals surface area contributed by atoms with Crippen molar-refractivity contribution >= 4 is 12.1 Å². The highest BCUT2D eigenvalue weighted by Gasteiger charge is 2.32. The first-order valence-corrected chi connectivity index (χ1v) is 5.33. The first-order valence-electron chi connectivity index (χ1n) is 5.33. The van der Waals surface area contributed by atoms with Crippen molar-refractivity contribution in [1.29, 1.82) is 0 Å². The molecule has 0 unspecified atom stereocenters. The fourth-order valence-electron chi connectivity index (χ4n) is 1.36. The summed E-state index contributed by atoms with van der Waals surface area (Å²) in [7, 11) is 0. The van der Waals surface area contributed by atoms with Crippen molar-refractivity contribution in [2.24, 2.45) is 5.90 Å². The second-order valence-corrected chi connectivity index (χ2v) is 4.72. The van der Waals surface area contributed by atoms with Crippen LogP contribution >= 0.6 is 0 Å². The van der Waals surface area contributed by atoms with Crippen molar-refractivity contribution in [1.82, 2.24) is 4.90 Å². The van der Waals surface area contributed by atoms with Crippen LogP contribution < -0.4 is 5.90 Å². The minimum absolute atomic E-state index is 0.0882. The largest absolute Gasteiger partial charge is 0.444 e. The summed E-state index contributed by atoms with van der Waals surface area (Å²) in [6.45, 7) is 6.04. The van der Waals surface area contributed by atoms with Gasteiger partial charge < -0.3 is 19.2 Å². The minimum atomic E-state index is -0.846.